The van der Waals surface area contributed by atoms with Gasteiger partial charge in [0, 0.05) is 11.6 Å². The summed E-state index contributed by atoms with van der Waals surface area (Å²) in [5, 5.41) is 0. The van der Waals surface area contributed by atoms with E-state index in [1.165, 1.54) is 6.07 Å². The summed E-state index contributed by atoms with van der Waals surface area (Å²) in [6.45, 7) is 3.85. The molecule has 0 spiro atoms. The average molecular weight is 296 g/mol. The molecular weight excluding hydrogens is 274 g/mol. The van der Waals surface area contributed by atoms with Crippen molar-refractivity contribution in [3.63, 3.8) is 0 Å². The molecule has 0 bridgehead atoms. The van der Waals surface area contributed by atoms with Crippen molar-refractivity contribution in [1.82, 2.24) is 9.80 Å². The Kier molecular flexibility index (Phi) is 5.06. The molecule has 1 unspecified atom stereocenters. The molecule has 1 aliphatic rings. The van der Waals surface area contributed by atoms with Crippen LogP contribution in [0.15, 0.2) is 18.2 Å². The average Bonchev–Trinajstić information content (AvgIpc) is 2.48. The zero-order valence-corrected chi connectivity index (χ0v) is 12.8. The molecule has 1 saturated heterocycles. The summed E-state index contributed by atoms with van der Waals surface area (Å²) >= 11 is 0. The summed E-state index contributed by atoms with van der Waals surface area (Å²) in [6, 6.07) is 3.34. The topological polar surface area (TPSA) is 23.6 Å². The van der Waals surface area contributed by atoms with E-state index in [1.54, 1.807) is 0 Å². The molecule has 0 saturated carbocycles. The highest BCUT2D eigenvalue weighted by Gasteiger charge is 2.28. The minimum absolute atomic E-state index is 0.171. The van der Waals surface area contributed by atoms with E-state index >= 15 is 0 Å². The number of ketones is 1. The zero-order valence-electron chi connectivity index (χ0n) is 12.8. The number of halogens is 2. The second-order valence-electron chi connectivity index (χ2n) is 5.87. The van der Waals surface area contributed by atoms with Crippen LogP contribution in [0.2, 0.25) is 0 Å². The first-order valence-electron chi connectivity index (χ1n) is 7.30. The predicted octanol–water partition coefficient (Wildman–Crippen LogP) is 2.56. The van der Waals surface area contributed by atoms with Crippen molar-refractivity contribution in [2.45, 2.75) is 31.8 Å². The molecule has 3 nitrogen and oxygen atoms in total. The maximum absolute atomic E-state index is 13.3. The predicted molar refractivity (Wildman–Crippen MR) is 78.4 cm³/mol. The highest BCUT2D eigenvalue weighted by atomic mass is 19.2. The molecule has 0 aromatic heterocycles. The van der Waals surface area contributed by atoms with Crippen molar-refractivity contribution < 1.29 is 13.6 Å². The molecule has 1 aromatic carbocycles. The molecule has 21 heavy (non-hydrogen) atoms. The standard InChI is InChI=1S/C16H22F2N2O/c1-11(20(3)13-6-8-19(2)9-7-13)16(21)12-4-5-14(17)15(18)10-12/h4-5,10-11,13H,6-9H2,1-3H3. The van der Waals surface area contributed by atoms with E-state index in [2.05, 4.69) is 16.8 Å². The van der Waals surface area contributed by atoms with E-state index in [0.29, 0.717) is 6.04 Å². The number of nitrogens with zero attached hydrogens (tertiary/aromatic N) is 2. The molecule has 1 fully saturated rings. The fourth-order valence-electron chi connectivity index (χ4n) is 2.79. The Bertz CT molecular complexity index is 513. The fourth-order valence-corrected chi connectivity index (χ4v) is 2.79. The van der Waals surface area contributed by atoms with Gasteiger partial charge in [-0.1, -0.05) is 0 Å². The minimum atomic E-state index is -0.977. The van der Waals surface area contributed by atoms with Crippen molar-refractivity contribution >= 4 is 5.78 Å². The van der Waals surface area contributed by atoms with Crippen LogP contribution in [0, 0.1) is 11.6 Å². The van der Waals surface area contributed by atoms with Crippen molar-refractivity contribution in [2.75, 3.05) is 27.2 Å². The zero-order chi connectivity index (χ0) is 15.6. The molecule has 1 aliphatic heterocycles. The Labute approximate surface area is 124 Å². The van der Waals surface area contributed by atoms with Gasteiger partial charge in [0.15, 0.2) is 17.4 Å². The van der Waals surface area contributed by atoms with Crippen molar-refractivity contribution in [3.8, 4) is 0 Å². The van der Waals surface area contributed by atoms with Gasteiger partial charge >= 0.3 is 0 Å². The van der Waals surface area contributed by atoms with Crippen LogP contribution >= 0.6 is 0 Å². The molecule has 0 aliphatic carbocycles. The third kappa shape index (κ3) is 3.66. The van der Waals surface area contributed by atoms with Gasteiger partial charge in [-0.3, -0.25) is 9.69 Å². The highest BCUT2D eigenvalue weighted by Crippen LogP contribution is 2.19. The lowest BCUT2D eigenvalue weighted by Gasteiger charge is -2.37. The summed E-state index contributed by atoms with van der Waals surface area (Å²) in [5.41, 5.74) is 0.223. The number of piperidine rings is 1. The third-order valence-electron chi connectivity index (χ3n) is 4.46. The summed E-state index contributed by atoms with van der Waals surface area (Å²) in [6.07, 6.45) is 2.03. The van der Waals surface area contributed by atoms with Crippen LogP contribution in [0.4, 0.5) is 8.78 Å². The maximum atomic E-state index is 13.3. The fraction of sp³-hybridized carbons (Fsp3) is 0.562. The van der Waals surface area contributed by atoms with Crippen molar-refractivity contribution in [2.24, 2.45) is 0 Å². The number of carbonyl (C=O) groups is 1. The Balaban J connectivity index is 2.05. The van der Waals surface area contributed by atoms with Crippen LogP contribution in [-0.2, 0) is 0 Å². The monoisotopic (exact) mass is 296 g/mol. The summed E-state index contributed by atoms with van der Waals surface area (Å²) < 4.78 is 26.2. The molecule has 0 radical (unpaired) electrons. The number of carbonyl (C=O) groups excluding carboxylic acids is 1. The van der Waals surface area contributed by atoms with Gasteiger partial charge in [-0.25, -0.2) is 8.78 Å². The molecule has 0 amide bonds. The molecule has 0 N–H and O–H groups in total. The third-order valence-corrected chi connectivity index (χ3v) is 4.46. The Hall–Kier alpha value is -1.33. The number of likely N-dealkylation sites (tertiary alicyclic amines) is 1. The molecule has 1 atom stereocenters. The number of hydrogen-bond acceptors (Lipinski definition) is 3. The molecule has 116 valence electrons. The molecule has 1 heterocycles. The van der Waals surface area contributed by atoms with Gasteiger partial charge in [0.25, 0.3) is 0 Å². The molecular formula is C16H22F2N2O. The van der Waals surface area contributed by atoms with Crippen LogP contribution in [0.3, 0.4) is 0 Å². The Morgan fingerprint density at radius 1 is 1.29 bits per heavy atom. The van der Waals surface area contributed by atoms with E-state index < -0.39 is 11.6 Å². The number of benzene rings is 1. The van der Waals surface area contributed by atoms with E-state index in [-0.39, 0.29) is 17.4 Å². The Morgan fingerprint density at radius 3 is 2.48 bits per heavy atom. The highest BCUT2D eigenvalue weighted by molar-refractivity contribution is 5.99. The Morgan fingerprint density at radius 2 is 1.90 bits per heavy atom. The number of likely N-dealkylation sites (N-methyl/N-ethyl adjacent to an activating group) is 1. The number of hydrogen-bond donors (Lipinski definition) is 0. The first-order chi connectivity index (χ1) is 9.90. The van der Waals surface area contributed by atoms with Gasteiger partial charge < -0.3 is 4.90 Å². The minimum Gasteiger partial charge on any atom is -0.306 e. The van der Waals surface area contributed by atoms with Gasteiger partial charge in [-0.15, -0.1) is 0 Å². The smallest absolute Gasteiger partial charge is 0.179 e. The molecule has 2 rings (SSSR count). The van der Waals surface area contributed by atoms with Gasteiger partial charge in [0.2, 0.25) is 0 Å². The van der Waals surface area contributed by atoms with Crippen molar-refractivity contribution in [1.29, 1.82) is 0 Å². The lowest BCUT2D eigenvalue weighted by molar-refractivity contribution is 0.0731. The van der Waals surface area contributed by atoms with E-state index in [9.17, 15) is 13.6 Å². The van der Waals surface area contributed by atoms with Gasteiger partial charge in [-0.05, 0) is 65.1 Å². The van der Waals surface area contributed by atoms with E-state index in [4.69, 9.17) is 0 Å². The lowest BCUT2D eigenvalue weighted by Crippen LogP contribution is -2.48. The number of rotatable bonds is 4. The van der Waals surface area contributed by atoms with Crippen LogP contribution in [-0.4, -0.2) is 54.9 Å². The van der Waals surface area contributed by atoms with Crippen LogP contribution in [0.25, 0.3) is 0 Å². The maximum Gasteiger partial charge on any atom is 0.179 e. The van der Waals surface area contributed by atoms with E-state index in [1.807, 2.05) is 14.0 Å². The summed E-state index contributed by atoms with van der Waals surface area (Å²) in [7, 11) is 4.02. The largest absolute Gasteiger partial charge is 0.306 e. The van der Waals surface area contributed by atoms with Crippen LogP contribution < -0.4 is 0 Å². The van der Waals surface area contributed by atoms with Gasteiger partial charge in [-0.2, -0.15) is 0 Å². The van der Waals surface area contributed by atoms with Crippen molar-refractivity contribution in [3.05, 3.63) is 35.4 Å². The first kappa shape index (κ1) is 16.0. The number of Topliss-reactive ketones (excluding diaryl/α,β-unsaturated/α-hetero) is 1. The molecule has 5 heteroatoms. The SMILES string of the molecule is CC(C(=O)c1ccc(F)c(F)c1)N(C)C1CCN(C)CC1. The van der Waals surface area contributed by atoms with Crippen LogP contribution in [0.5, 0.6) is 0 Å². The lowest BCUT2D eigenvalue weighted by atomic mass is 9.98. The van der Waals surface area contributed by atoms with E-state index in [0.717, 1.165) is 38.1 Å². The summed E-state index contributed by atoms with van der Waals surface area (Å²) in [4.78, 5) is 16.7. The second kappa shape index (κ2) is 6.62. The quantitative estimate of drug-likeness (QED) is 0.798. The first-order valence-corrected chi connectivity index (χ1v) is 7.30. The molecule has 1 aromatic rings. The normalized spacial score (nSPS) is 19.0. The van der Waals surface area contributed by atoms with Gasteiger partial charge in [0.1, 0.15) is 0 Å². The summed E-state index contributed by atoms with van der Waals surface area (Å²) in [5.74, 6) is -2.08. The second-order valence-corrected chi connectivity index (χ2v) is 5.87. The van der Waals surface area contributed by atoms with Gasteiger partial charge in [0.05, 0.1) is 6.04 Å². The van der Waals surface area contributed by atoms with Crippen LogP contribution in [0.1, 0.15) is 30.1 Å².